The minimum absolute atomic E-state index is 0.102. The van der Waals surface area contributed by atoms with E-state index in [2.05, 4.69) is 37.0 Å². The average Bonchev–Trinajstić information content (AvgIpc) is 2.91. The van der Waals surface area contributed by atoms with Crippen molar-refractivity contribution in [3.05, 3.63) is 35.5 Å². The summed E-state index contributed by atoms with van der Waals surface area (Å²) in [5.41, 5.74) is 3.69. The van der Waals surface area contributed by atoms with Crippen LogP contribution in [-0.4, -0.2) is 35.0 Å². The summed E-state index contributed by atoms with van der Waals surface area (Å²) in [6, 6.07) is 8.31. The molecule has 1 N–H and O–H groups in total. The van der Waals surface area contributed by atoms with Gasteiger partial charge in [0.1, 0.15) is 6.10 Å². The number of benzene rings is 1. The summed E-state index contributed by atoms with van der Waals surface area (Å²) < 4.78 is 5.73. The number of fused-ring (bicyclic) bond motifs is 3. The number of rotatable bonds is 5. The molecule has 1 amide bonds. The zero-order chi connectivity index (χ0) is 16.4. The van der Waals surface area contributed by atoms with E-state index in [1.54, 1.807) is 0 Å². The van der Waals surface area contributed by atoms with Crippen molar-refractivity contribution < 1.29 is 9.53 Å². The largest absolute Gasteiger partial charge is 0.369 e. The number of aromatic amines is 1. The molecule has 124 valence electrons. The van der Waals surface area contributed by atoms with Gasteiger partial charge in [-0.15, -0.1) is 0 Å². The summed E-state index contributed by atoms with van der Waals surface area (Å²) in [5, 5.41) is 1.23. The maximum Gasteiger partial charge on any atom is 0.251 e. The molecule has 1 aromatic heterocycles. The molecule has 0 fully saturated rings. The molecular weight excluding hydrogens is 288 g/mol. The predicted molar refractivity (Wildman–Crippen MR) is 92.3 cm³/mol. The van der Waals surface area contributed by atoms with E-state index >= 15 is 0 Å². The maximum atomic E-state index is 12.6. The molecule has 0 aliphatic carbocycles. The first-order valence-electron chi connectivity index (χ1n) is 8.55. The summed E-state index contributed by atoms with van der Waals surface area (Å²) in [6.45, 7) is 8.29. The molecule has 1 aliphatic heterocycles. The second kappa shape index (κ2) is 6.75. The van der Waals surface area contributed by atoms with Gasteiger partial charge in [0.2, 0.25) is 0 Å². The van der Waals surface area contributed by atoms with Crippen LogP contribution in [0.3, 0.4) is 0 Å². The smallest absolute Gasteiger partial charge is 0.251 e. The van der Waals surface area contributed by atoms with Crippen molar-refractivity contribution in [2.45, 2.75) is 46.3 Å². The minimum Gasteiger partial charge on any atom is -0.369 e. The zero-order valence-corrected chi connectivity index (χ0v) is 14.3. The molecule has 1 aliphatic rings. The SMILES string of the molecule is CC(C)CCO[C@H](C)C(=O)N1CCc2[nH]c3ccccc3c2C1. The van der Waals surface area contributed by atoms with Gasteiger partial charge in [0.05, 0.1) is 0 Å². The van der Waals surface area contributed by atoms with E-state index in [0.717, 1.165) is 24.9 Å². The van der Waals surface area contributed by atoms with Crippen LogP contribution in [0, 0.1) is 5.92 Å². The number of carbonyl (C=O) groups is 1. The highest BCUT2D eigenvalue weighted by atomic mass is 16.5. The monoisotopic (exact) mass is 314 g/mol. The Morgan fingerprint density at radius 3 is 2.87 bits per heavy atom. The Morgan fingerprint density at radius 2 is 2.09 bits per heavy atom. The quantitative estimate of drug-likeness (QED) is 0.918. The molecule has 1 atom stereocenters. The third-order valence-corrected chi connectivity index (χ3v) is 4.61. The van der Waals surface area contributed by atoms with E-state index in [9.17, 15) is 4.79 Å². The summed E-state index contributed by atoms with van der Waals surface area (Å²) in [7, 11) is 0. The fourth-order valence-electron chi connectivity index (χ4n) is 3.16. The van der Waals surface area contributed by atoms with E-state index in [4.69, 9.17) is 4.74 Å². The fraction of sp³-hybridized carbons (Fsp3) is 0.526. The standard InChI is InChI=1S/C19H26N2O2/c1-13(2)9-11-23-14(3)19(22)21-10-8-18-16(12-21)15-6-4-5-7-17(15)20-18/h4-7,13-14,20H,8-12H2,1-3H3/t14-/m1/s1. The highest BCUT2D eigenvalue weighted by Crippen LogP contribution is 2.27. The van der Waals surface area contributed by atoms with Crippen molar-refractivity contribution >= 4 is 16.8 Å². The number of nitrogens with zero attached hydrogens (tertiary/aromatic N) is 1. The molecule has 0 unspecified atom stereocenters. The van der Waals surface area contributed by atoms with Crippen LogP contribution in [0.2, 0.25) is 0 Å². The number of nitrogens with one attached hydrogen (secondary N) is 1. The second-order valence-corrected chi connectivity index (χ2v) is 6.83. The number of carbonyl (C=O) groups excluding carboxylic acids is 1. The highest BCUT2D eigenvalue weighted by Gasteiger charge is 2.27. The number of H-pyrrole nitrogens is 1. The Balaban J connectivity index is 1.67. The summed E-state index contributed by atoms with van der Waals surface area (Å²) >= 11 is 0. The molecule has 23 heavy (non-hydrogen) atoms. The fourth-order valence-corrected chi connectivity index (χ4v) is 3.16. The normalized spacial score (nSPS) is 15.9. The molecule has 2 heterocycles. The van der Waals surface area contributed by atoms with Crippen molar-refractivity contribution in [2.24, 2.45) is 5.92 Å². The molecule has 4 nitrogen and oxygen atoms in total. The van der Waals surface area contributed by atoms with Crippen molar-refractivity contribution in [3.63, 3.8) is 0 Å². The second-order valence-electron chi connectivity index (χ2n) is 6.83. The number of amides is 1. The molecule has 1 aromatic carbocycles. The van der Waals surface area contributed by atoms with Gasteiger partial charge in [-0.1, -0.05) is 32.0 Å². The predicted octanol–water partition coefficient (Wildman–Crippen LogP) is 3.50. The Labute approximate surface area is 137 Å². The van der Waals surface area contributed by atoms with E-state index in [0.29, 0.717) is 19.1 Å². The van der Waals surface area contributed by atoms with E-state index < -0.39 is 0 Å². The van der Waals surface area contributed by atoms with Crippen LogP contribution in [-0.2, 0) is 22.5 Å². The molecule has 0 radical (unpaired) electrons. The topological polar surface area (TPSA) is 45.3 Å². The van der Waals surface area contributed by atoms with Gasteiger partial charge >= 0.3 is 0 Å². The molecule has 3 rings (SSSR count). The van der Waals surface area contributed by atoms with Gasteiger partial charge in [0, 0.05) is 48.3 Å². The number of ether oxygens (including phenoxy) is 1. The van der Waals surface area contributed by atoms with Gasteiger partial charge < -0.3 is 14.6 Å². The van der Waals surface area contributed by atoms with Crippen LogP contribution in [0.4, 0.5) is 0 Å². The van der Waals surface area contributed by atoms with Crippen molar-refractivity contribution in [1.29, 1.82) is 0 Å². The number of aromatic nitrogens is 1. The van der Waals surface area contributed by atoms with Gasteiger partial charge in [-0.25, -0.2) is 0 Å². The van der Waals surface area contributed by atoms with E-state index in [1.807, 2.05) is 17.9 Å². The Hall–Kier alpha value is -1.81. The zero-order valence-electron chi connectivity index (χ0n) is 14.3. The van der Waals surface area contributed by atoms with Crippen LogP contribution in [0.25, 0.3) is 10.9 Å². The van der Waals surface area contributed by atoms with Crippen LogP contribution in [0.1, 0.15) is 38.4 Å². The molecule has 0 saturated heterocycles. The first kappa shape index (κ1) is 16.1. The lowest BCUT2D eigenvalue weighted by Gasteiger charge is -2.29. The third kappa shape index (κ3) is 3.42. The lowest BCUT2D eigenvalue weighted by atomic mass is 10.0. The Bertz CT molecular complexity index is 690. The van der Waals surface area contributed by atoms with Gasteiger partial charge in [-0.05, 0) is 25.3 Å². The molecule has 0 bridgehead atoms. The van der Waals surface area contributed by atoms with Crippen molar-refractivity contribution in [1.82, 2.24) is 9.88 Å². The number of hydrogen-bond acceptors (Lipinski definition) is 2. The van der Waals surface area contributed by atoms with Crippen LogP contribution in [0.15, 0.2) is 24.3 Å². The molecule has 4 heteroatoms. The van der Waals surface area contributed by atoms with E-state index in [-0.39, 0.29) is 12.0 Å². The Kier molecular flexibility index (Phi) is 4.71. The maximum absolute atomic E-state index is 12.6. The van der Waals surface area contributed by atoms with Crippen LogP contribution in [0.5, 0.6) is 0 Å². The lowest BCUT2D eigenvalue weighted by molar-refractivity contribution is -0.143. The lowest BCUT2D eigenvalue weighted by Crippen LogP contribution is -2.42. The van der Waals surface area contributed by atoms with Gasteiger partial charge in [-0.3, -0.25) is 4.79 Å². The van der Waals surface area contributed by atoms with Crippen LogP contribution < -0.4 is 0 Å². The Morgan fingerprint density at radius 1 is 1.30 bits per heavy atom. The van der Waals surface area contributed by atoms with Gasteiger partial charge in [-0.2, -0.15) is 0 Å². The highest BCUT2D eigenvalue weighted by molar-refractivity contribution is 5.86. The van der Waals surface area contributed by atoms with Gasteiger partial charge in [0.15, 0.2) is 0 Å². The summed E-state index contributed by atoms with van der Waals surface area (Å²) in [4.78, 5) is 18.0. The average molecular weight is 314 g/mol. The molecule has 2 aromatic rings. The first-order chi connectivity index (χ1) is 11.1. The molecule has 0 spiro atoms. The summed E-state index contributed by atoms with van der Waals surface area (Å²) in [5.74, 6) is 0.700. The third-order valence-electron chi connectivity index (χ3n) is 4.61. The molecule has 0 saturated carbocycles. The van der Waals surface area contributed by atoms with Crippen molar-refractivity contribution in [3.8, 4) is 0 Å². The number of hydrogen-bond donors (Lipinski definition) is 1. The van der Waals surface area contributed by atoms with Gasteiger partial charge in [0.25, 0.3) is 5.91 Å². The minimum atomic E-state index is -0.361. The van der Waals surface area contributed by atoms with Crippen molar-refractivity contribution in [2.75, 3.05) is 13.2 Å². The summed E-state index contributed by atoms with van der Waals surface area (Å²) in [6.07, 6.45) is 1.51. The first-order valence-corrected chi connectivity index (χ1v) is 8.55. The number of para-hydroxylation sites is 1. The van der Waals surface area contributed by atoms with Crippen LogP contribution >= 0.6 is 0 Å². The van der Waals surface area contributed by atoms with E-state index in [1.165, 1.54) is 16.6 Å². The molecular formula is C19H26N2O2.